The van der Waals surface area contributed by atoms with Crippen LogP contribution in [0.3, 0.4) is 0 Å². The number of thioether (sulfide) groups is 1. The van der Waals surface area contributed by atoms with Crippen LogP contribution in [0.1, 0.15) is 29.2 Å². The van der Waals surface area contributed by atoms with Gasteiger partial charge in [-0.25, -0.2) is 0 Å². The molecule has 0 fully saturated rings. The molecule has 2 aromatic rings. The molecule has 1 atom stereocenters. The second-order valence-corrected chi connectivity index (χ2v) is 9.21. The van der Waals surface area contributed by atoms with Gasteiger partial charge < -0.3 is 15.5 Å². The zero-order valence-electron chi connectivity index (χ0n) is 19.0. The molecule has 2 rings (SSSR count). The van der Waals surface area contributed by atoms with Crippen molar-refractivity contribution in [2.75, 3.05) is 30.0 Å². The summed E-state index contributed by atoms with van der Waals surface area (Å²) in [5.74, 6) is -0.456. The highest BCUT2D eigenvalue weighted by molar-refractivity contribution is 8.01. The Morgan fingerprint density at radius 3 is 2.06 bits per heavy atom. The van der Waals surface area contributed by atoms with Crippen LogP contribution >= 0.6 is 11.8 Å². The molecular formula is C24H31N3O3S. The minimum atomic E-state index is -0.440. The fraction of sp³-hybridized carbons (Fsp3) is 0.375. The molecule has 0 aliphatic rings. The number of amides is 3. The molecule has 31 heavy (non-hydrogen) atoms. The Morgan fingerprint density at radius 1 is 0.903 bits per heavy atom. The van der Waals surface area contributed by atoms with E-state index in [1.165, 1.54) is 16.7 Å². The number of nitrogens with zero attached hydrogens (tertiary/aromatic N) is 1. The van der Waals surface area contributed by atoms with Crippen LogP contribution < -0.4 is 10.6 Å². The molecule has 0 aliphatic carbocycles. The Labute approximate surface area is 188 Å². The van der Waals surface area contributed by atoms with Gasteiger partial charge in [-0.2, -0.15) is 0 Å². The van der Waals surface area contributed by atoms with Crippen LogP contribution in [0.5, 0.6) is 0 Å². The number of hydrogen-bond acceptors (Lipinski definition) is 4. The lowest BCUT2D eigenvalue weighted by atomic mass is 10.1. The Hall–Kier alpha value is -2.80. The molecule has 2 aromatic carbocycles. The summed E-state index contributed by atoms with van der Waals surface area (Å²) in [7, 11) is 1.60. The summed E-state index contributed by atoms with van der Waals surface area (Å²) in [6, 6.07) is 11.6. The lowest BCUT2D eigenvalue weighted by Gasteiger charge is -2.21. The van der Waals surface area contributed by atoms with E-state index in [1.54, 1.807) is 14.0 Å². The second kappa shape index (κ2) is 11.0. The molecule has 0 spiro atoms. The number of carbonyl (C=O) groups is 3. The lowest BCUT2D eigenvalue weighted by Crippen LogP contribution is -2.39. The maximum Gasteiger partial charge on any atom is 0.243 e. The number of hydrogen-bond donors (Lipinski definition) is 2. The highest BCUT2D eigenvalue weighted by Crippen LogP contribution is 2.22. The molecule has 0 heterocycles. The second-order valence-electron chi connectivity index (χ2n) is 7.88. The molecule has 0 saturated heterocycles. The molecule has 0 bridgehead atoms. The third kappa shape index (κ3) is 7.43. The van der Waals surface area contributed by atoms with Crippen LogP contribution in [-0.2, 0) is 14.4 Å². The Bertz CT molecular complexity index is 934. The first-order chi connectivity index (χ1) is 14.6. The van der Waals surface area contributed by atoms with Crippen molar-refractivity contribution in [3.05, 3.63) is 58.7 Å². The van der Waals surface area contributed by atoms with Gasteiger partial charge in [0.15, 0.2) is 0 Å². The van der Waals surface area contributed by atoms with E-state index < -0.39 is 5.25 Å². The third-order valence-corrected chi connectivity index (χ3v) is 5.98. The SMILES string of the molecule is Cc1ccc(NC(=O)CSC(C)C(=O)N(C)CC(=O)Nc2c(C)cc(C)cc2C)cc1. The molecule has 1 unspecified atom stereocenters. The van der Waals surface area contributed by atoms with Gasteiger partial charge in [-0.15, -0.1) is 11.8 Å². The number of anilines is 2. The van der Waals surface area contributed by atoms with Gasteiger partial charge in [-0.05, 0) is 57.9 Å². The normalized spacial score (nSPS) is 11.5. The largest absolute Gasteiger partial charge is 0.335 e. The molecule has 0 radical (unpaired) electrons. The van der Waals surface area contributed by atoms with Crippen LogP contribution in [0, 0.1) is 27.7 Å². The number of rotatable bonds is 8. The first kappa shape index (κ1) is 24.5. The van der Waals surface area contributed by atoms with E-state index in [0.29, 0.717) is 0 Å². The molecule has 6 nitrogen and oxygen atoms in total. The quantitative estimate of drug-likeness (QED) is 0.647. The summed E-state index contributed by atoms with van der Waals surface area (Å²) >= 11 is 1.25. The summed E-state index contributed by atoms with van der Waals surface area (Å²) < 4.78 is 0. The first-order valence-corrected chi connectivity index (χ1v) is 11.2. The van der Waals surface area contributed by atoms with Crippen LogP contribution in [-0.4, -0.2) is 47.2 Å². The van der Waals surface area contributed by atoms with Crippen molar-refractivity contribution in [3.8, 4) is 0 Å². The topological polar surface area (TPSA) is 78.5 Å². The maximum atomic E-state index is 12.6. The van der Waals surface area contributed by atoms with Gasteiger partial charge in [0.1, 0.15) is 0 Å². The van der Waals surface area contributed by atoms with Crippen LogP contribution in [0.4, 0.5) is 11.4 Å². The van der Waals surface area contributed by atoms with E-state index in [2.05, 4.69) is 10.6 Å². The molecule has 3 amide bonds. The van der Waals surface area contributed by atoms with Crippen molar-refractivity contribution in [2.24, 2.45) is 0 Å². The van der Waals surface area contributed by atoms with Gasteiger partial charge >= 0.3 is 0 Å². The van der Waals surface area contributed by atoms with Crippen LogP contribution in [0.25, 0.3) is 0 Å². The molecule has 7 heteroatoms. The fourth-order valence-electron chi connectivity index (χ4n) is 3.27. The molecule has 0 saturated carbocycles. The first-order valence-electron chi connectivity index (χ1n) is 10.2. The summed E-state index contributed by atoms with van der Waals surface area (Å²) in [6.45, 7) is 9.59. The fourth-order valence-corrected chi connectivity index (χ4v) is 4.06. The van der Waals surface area contributed by atoms with E-state index in [4.69, 9.17) is 0 Å². The molecular weight excluding hydrogens is 410 g/mol. The number of likely N-dealkylation sites (N-methyl/N-ethyl adjacent to an activating group) is 1. The van der Waals surface area contributed by atoms with E-state index in [0.717, 1.165) is 33.6 Å². The smallest absolute Gasteiger partial charge is 0.243 e. The predicted octanol–water partition coefficient (Wildman–Crippen LogP) is 4.08. The lowest BCUT2D eigenvalue weighted by molar-refractivity contribution is -0.132. The van der Waals surface area contributed by atoms with Gasteiger partial charge in [-0.1, -0.05) is 35.4 Å². The number of aryl methyl sites for hydroxylation is 4. The molecule has 166 valence electrons. The van der Waals surface area contributed by atoms with Crippen LogP contribution in [0.15, 0.2) is 36.4 Å². The predicted molar refractivity (Wildman–Crippen MR) is 129 cm³/mol. The molecule has 2 N–H and O–H groups in total. The zero-order chi connectivity index (χ0) is 23.1. The van der Waals surface area contributed by atoms with Crippen molar-refractivity contribution in [1.82, 2.24) is 4.90 Å². The van der Waals surface area contributed by atoms with Gasteiger partial charge in [0.25, 0.3) is 0 Å². The Morgan fingerprint density at radius 2 is 1.48 bits per heavy atom. The van der Waals surface area contributed by atoms with Gasteiger partial charge in [0.05, 0.1) is 17.5 Å². The Kier molecular flexibility index (Phi) is 8.68. The highest BCUT2D eigenvalue weighted by atomic mass is 32.2. The van der Waals surface area contributed by atoms with Gasteiger partial charge in [0, 0.05) is 18.4 Å². The molecule has 0 aliphatic heterocycles. The zero-order valence-corrected chi connectivity index (χ0v) is 19.9. The van der Waals surface area contributed by atoms with Crippen molar-refractivity contribution in [2.45, 2.75) is 39.9 Å². The van der Waals surface area contributed by atoms with Crippen molar-refractivity contribution >= 4 is 40.9 Å². The summed E-state index contributed by atoms with van der Waals surface area (Å²) in [6.07, 6.45) is 0. The Balaban J connectivity index is 1.82. The van der Waals surface area contributed by atoms with Crippen molar-refractivity contribution in [3.63, 3.8) is 0 Å². The maximum absolute atomic E-state index is 12.6. The monoisotopic (exact) mass is 441 g/mol. The molecule has 0 aromatic heterocycles. The standard InChI is InChI=1S/C24H31N3O3S/c1-15-7-9-20(10-8-15)25-22(29)14-31-19(5)24(30)27(6)13-21(28)26-23-17(3)11-16(2)12-18(23)4/h7-12,19H,13-14H2,1-6H3,(H,25,29)(H,26,28). The van der Waals surface area contributed by atoms with E-state index in [-0.39, 0.29) is 30.0 Å². The van der Waals surface area contributed by atoms with E-state index in [1.807, 2.05) is 64.1 Å². The minimum absolute atomic E-state index is 0.0496. The third-order valence-electron chi connectivity index (χ3n) is 4.85. The number of carbonyl (C=O) groups excluding carboxylic acids is 3. The number of benzene rings is 2. The van der Waals surface area contributed by atoms with Crippen molar-refractivity contribution < 1.29 is 14.4 Å². The van der Waals surface area contributed by atoms with Crippen molar-refractivity contribution in [1.29, 1.82) is 0 Å². The minimum Gasteiger partial charge on any atom is -0.335 e. The average Bonchev–Trinajstić information content (AvgIpc) is 2.70. The summed E-state index contributed by atoms with van der Waals surface area (Å²) in [5.41, 5.74) is 5.74. The summed E-state index contributed by atoms with van der Waals surface area (Å²) in [4.78, 5) is 38.6. The van der Waals surface area contributed by atoms with Gasteiger partial charge in [0.2, 0.25) is 17.7 Å². The van der Waals surface area contributed by atoms with E-state index >= 15 is 0 Å². The average molecular weight is 442 g/mol. The van der Waals surface area contributed by atoms with E-state index in [9.17, 15) is 14.4 Å². The highest BCUT2D eigenvalue weighted by Gasteiger charge is 2.21. The number of nitrogens with one attached hydrogen (secondary N) is 2. The van der Waals surface area contributed by atoms with Crippen LogP contribution in [0.2, 0.25) is 0 Å². The van der Waals surface area contributed by atoms with Gasteiger partial charge in [-0.3, -0.25) is 14.4 Å². The summed E-state index contributed by atoms with van der Waals surface area (Å²) in [5, 5.41) is 5.29.